The lowest BCUT2D eigenvalue weighted by Gasteiger charge is -2.17. The Labute approximate surface area is 158 Å². The number of carbonyl (C=O) groups is 1. The van der Waals surface area contributed by atoms with Crippen LogP contribution in [0.1, 0.15) is 35.4 Å². The van der Waals surface area contributed by atoms with E-state index in [0.29, 0.717) is 46.9 Å². The zero-order valence-electron chi connectivity index (χ0n) is 14.6. The second-order valence-electron chi connectivity index (χ2n) is 6.53. The normalized spacial score (nSPS) is 18.0. The Morgan fingerprint density at radius 3 is 3.04 bits per heavy atom. The fraction of sp³-hybridized carbons (Fsp3) is 0.333. The summed E-state index contributed by atoms with van der Waals surface area (Å²) in [5.74, 6) is -0.343. The Bertz CT molecular complexity index is 995. The Morgan fingerprint density at radius 1 is 1.44 bits per heavy atom. The van der Waals surface area contributed by atoms with Gasteiger partial charge in [-0.15, -0.1) is 11.3 Å². The van der Waals surface area contributed by atoms with Crippen LogP contribution in [0, 0.1) is 5.82 Å². The van der Waals surface area contributed by atoms with Crippen LogP contribution in [0.5, 0.6) is 0 Å². The van der Waals surface area contributed by atoms with E-state index >= 15 is 0 Å². The Balaban J connectivity index is 1.65. The molecule has 1 aliphatic heterocycles. The van der Waals surface area contributed by atoms with Gasteiger partial charge in [0.2, 0.25) is 5.95 Å². The molecule has 27 heavy (non-hydrogen) atoms. The van der Waals surface area contributed by atoms with E-state index in [1.807, 2.05) is 18.4 Å². The molecule has 1 amide bonds. The Morgan fingerprint density at radius 2 is 2.30 bits per heavy atom. The molecule has 140 valence electrons. The number of likely N-dealkylation sites (tertiary alicyclic amines) is 1. The number of nitrogens with zero attached hydrogens (tertiary/aromatic N) is 4. The van der Waals surface area contributed by atoms with E-state index in [9.17, 15) is 14.3 Å². The predicted octanol–water partition coefficient (Wildman–Crippen LogP) is 2.61. The van der Waals surface area contributed by atoms with Crippen molar-refractivity contribution in [2.45, 2.75) is 25.5 Å². The molecule has 1 aliphatic rings. The summed E-state index contributed by atoms with van der Waals surface area (Å²) < 4.78 is 14.1. The molecule has 2 atom stereocenters. The Hall–Kier alpha value is -2.65. The number of aliphatic hydroxyl groups excluding tert-OH is 1. The van der Waals surface area contributed by atoms with Gasteiger partial charge in [0.05, 0.1) is 28.6 Å². The highest BCUT2D eigenvalue weighted by molar-refractivity contribution is 7.17. The lowest BCUT2D eigenvalue weighted by molar-refractivity contribution is 0.0761. The molecule has 0 aliphatic carbocycles. The minimum absolute atomic E-state index is 0.218. The third-order valence-electron chi connectivity index (χ3n) is 4.53. The molecule has 0 radical (unpaired) electrons. The average molecular weight is 387 g/mol. The molecule has 3 aromatic rings. The van der Waals surface area contributed by atoms with E-state index in [2.05, 4.69) is 20.3 Å². The molecule has 1 saturated heterocycles. The number of rotatable bonds is 4. The van der Waals surface area contributed by atoms with Gasteiger partial charge in [-0.05, 0) is 36.4 Å². The summed E-state index contributed by atoms with van der Waals surface area (Å²) in [4.78, 5) is 27.3. The third kappa shape index (κ3) is 3.60. The van der Waals surface area contributed by atoms with E-state index < -0.39 is 11.9 Å². The molecule has 2 N–H and O–H groups in total. The van der Waals surface area contributed by atoms with E-state index in [1.54, 1.807) is 11.1 Å². The largest absolute Gasteiger partial charge is 0.391 e. The van der Waals surface area contributed by atoms with Gasteiger partial charge in [-0.3, -0.25) is 9.78 Å². The number of nitrogens with one attached hydrogen (secondary N) is 1. The maximum absolute atomic E-state index is 13.4. The fourth-order valence-corrected chi connectivity index (χ4v) is 3.90. The predicted molar refractivity (Wildman–Crippen MR) is 100 cm³/mol. The van der Waals surface area contributed by atoms with E-state index in [1.165, 1.54) is 17.4 Å². The first-order valence-electron chi connectivity index (χ1n) is 8.61. The van der Waals surface area contributed by atoms with Gasteiger partial charge in [-0.25, -0.2) is 14.4 Å². The van der Waals surface area contributed by atoms with Crippen molar-refractivity contribution in [3.05, 3.63) is 47.0 Å². The summed E-state index contributed by atoms with van der Waals surface area (Å²) in [5.41, 5.74) is 1.64. The molecule has 0 bridgehead atoms. The second-order valence-corrected chi connectivity index (χ2v) is 7.44. The van der Waals surface area contributed by atoms with Gasteiger partial charge in [0.1, 0.15) is 5.82 Å². The lowest BCUT2D eigenvalue weighted by atomic mass is 10.1. The molecule has 0 spiro atoms. The fourth-order valence-electron chi connectivity index (χ4n) is 3.09. The number of fused-ring (bicyclic) bond motifs is 1. The molecule has 1 fully saturated rings. The number of aliphatic hydroxyl groups is 1. The van der Waals surface area contributed by atoms with Crippen LogP contribution < -0.4 is 5.32 Å². The van der Waals surface area contributed by atoms with Crippen LogP contribution in [0.3, 0.4) is 0 Å². The number of hydrogen-bond donors (Lipinski definition) is 2. The zero-order valence-corrected chi connectivity index (χ0v) is 15.4. The number of thiophene rings is 1. The number of halogens is 1. The molecule has 0 saturated carbocycles. The highest BCUT2D eigenvalue weighted by atomic mass is 32.1. The standard InChI is InChI=1S/C18H18FN5O2S/c1-10(11-6-12(19)8-20-7-11)21-18-22-14-3-5-27-16(14)15(23-18)17(26)24-4-2-13(25)9-24/h3,5-8,10,13,25H,2,4,9H2,1H3,(H,21,22,23)/t10-,13-/m0/s1. The molecule has 7 nitrogen and oxygen atoms in total. The first-order chi connectivity index (χ1) is 13.0. The molecular weight excluding hydrogens is 369 g/mol. The summed E-state index contributed by atoms with van der Waals surface area (Å²) >= 11 is 1.41. The molecule has 9 heteroatoms. The number of aromatic nitrogens is 3. The van der Waals surface area contributed by atoms with Gasteiger partial charge in [0, 0.05) is 19.3 Å². The first kappa shape index (κ1) is 17.7. The maximum atomic E-state index is 13.4. The molecule has 0 aromatic carbocycles. The second kappa shape index (κ2) is 7.16. The van der Waals surface area contributed by atoms with Crippen molar-refractivity contribution in [2.24, 2.45) is 0 Å². The lowest BCUT2D eigenvalue weighted by Crippen LogP contribution is -2.30. The van der Waals surface area contributed by atoms with E-state index in [4.69, 9.17) is 0 Å². The van der Waals surface area contributed by atoms with Crippen molar-refractivity contribution in [3.63, 3.8) is 0 Å². The summed E-state index contributed by atoms with van der Waals surface area (Å²) in [6.07, 6.45) is 2.79. The average Bonchev–Trinajstić information content (AvgIpc) is 3.29. The number of amides is 1. The summed E-state index contributed by atoms with van der Waals surface area (Å²) in [5, 5.41) is 14.7. The maximum Gasteiger partial charge on any atom is 0.274 e. The molecule has 0 unspecified atom stereocenters. The van der Waals surface area contributed by atoms with E-state index in [-0.39, 0.29) is 11.9 Å². The van der Waals surface area contributed by atoms with Crippen molar-refractivity contribution in [1.82, 2.24) is 19.9 Å². The number of β-amino-alcohol motifs (C(OH)–C–C–N with tert-alkyl or cyclic N) is 1. The summed E-state index contributed by atoms with van der Waals surface area (Å²) in [7, 11) is 0. The summed E-state index contributed by atoms with van der Waals surface area (Å²) in [6, 6.07) is 2.93. The number of carbonyl (C=O) groups excluding carboxylic acids is 1. The monoisotopic (exact) mass is 387 g/mol. The van der Waals surface area contributed by atoms with Crippen LogP contribution in [0.2, 0.25) is 0 Å². The van der Waals surface area contributed by atoms with Crippen LogP contribution in [0.15, 0.2) is 29.9 Å². The van der Waals surface area contributed by atoms with Crippen molar-refractivity contribution in [2.75, 3.05) is 18.4 Å². The molecule has 4 heterocycles. The Kier molecular flexibility index (Phi) is 4.71. The SMILES string of the molecule is C[C@H](Nc1nc(C(=O)N2CC[C@H](O)C2)c2sccc2n1)c1cncc(F)c1. The van der Waals surface area contributed by atoms with Gasteiger partial charge in [-0.2, -0.15) is 0 Å². The van der Waals surface area contributed by atoms with Crippen LogP contribution >= 0.6 is 11.3 Å². The molecule has 3 aromatic heterocycles. The quantitative estimate of drug-likeness (QED) is 0.715. The smallest absolute Gasteiger partial charge is 0.274 e. The van der Waals surface area contributed by atoms with Gasteiger partial charge < -0.3 is 15.3 Å². The minimum atomic E-state index is -0.493. The van der Waals surface area contributed by atoms with Crippen molar-refractivity contribution < 1.29 is 14.3 Å². The van der Waals surface area contributed by atoms with Crippen molar-refractivity contribution >= 4 is 33.4 Å². The topological polar surface area (TPSA) is 91.2 Å². The van der Waals surface area contributed by atoms with Crippen LogP contribution in [0.25, 0.3) is 10.2 Å². The summed E-state index contributed by atoms with van der Waals surface area (Å²) in [6.45, 7) is 2.66. The highest BCUT2D eigenvalue weighted by Gasteiger charge is 2.28. The van der Waals surface area contributed by atoms with Gasteiger partial charge in [-0.1, -0.05) is 0 Å². The van der Waals surface area contributed by atoms with Crippen molar-refractivity contribution in [1.29, 1.82) is 0 Å². The number of anilines is 1. The van der Waals surface area contributed by atoms with Crippen LogP contribution in [-0.2, 0) is 0 Å². The zero-order chi connectivity index (χ0) is 19.0. The highest BCUT2D eigenvalue weighted by Crippen LogP contribution is 2.27. The minimum Gasteiger partial charge on any atom is -0.391 e. The molecule has 4 rings (SSSR count). The number of pyridine rings is 1. The van der Waals surface area contributed by atoms with Gasteiger partial charge >= 0.3 is 0 Å². The van der Waals surface area contributed by atoms with Gasteiger partial charge in [0.15, 0.2) is 5.69 Å². The first-order valence-corrected chi connectivity index (χ1v) is 9.49. The van der Waals surface area contributed by atoms with E-state index in [0.717, 1.165) is 6.20 Å². The number of hydrogen-bond acceptors (Lipinski definition) is 7. The third-order valence-corrected chi connectivity index (χ3v) is 5.44. The van der Waals surface area contributed by atoms with Gasteiger partial charge in [0.25, 0.3) is 5.91 Å². The van der Waals surface area contributed by atoms with Crippen LogP contribution in [0.4, 0.5) is 10.3 Å². The molecular formula is C18H18FN5O2S. The van der Waals surface area contributed by atoms with Crippen LogP contribution in [-0.4, -0.2) is 50.1 Å². The van der Waals surface area contributed by atoms with Crippen molar-refractivity contribution in [3.8, 4) is 0 Å².